The Hall–Kier alpha value is -1.06. The highest BCUT2D eigenvalue weighted by Gasteiger charge is 2.45. The largest absolute Gasteiger partial charge is 0.343 e. The van der Waals surface area contributed by atoms with Gasteiger partial charge in [0, 0.05) is 6.54 Å². The lowest BCUT2D eigenvalue weighted by molar-refractivity contribution is -0.154. The van der Waals surface area contributed by atoms with Crippen LogP contribution in [0.5, 0.6) is 0 Å². The summed E-state index contributed by atoms with van der Waals surface area (Å²) in [6.45, 7) is 8.62. The maximum Gasteiger partial charge on any atom is 0.245 e. The first-order chi connectivity index (χ1) is 8.80. The second-order valence-corrected chi connectivity index (χ2v) is 7.14. The van der Waals surface area contributed by atoms with E-state index in [-0.39, 0.29) is 29.3 Å². The Labute approximate surface area is 115 Å². The number of rotatable bonds is 2. The van der Waals surface area contributed by atoms with Crippen molar-refractivity contribution in [3.63, 3.8) is 0 Å². The Kier molecular flexibility index (Phi) is 3.88. The molecule has 2 unspecified atom stereocenters. The molecule has 4 nitrogen and oxygen atoms in total. The van der Waals surface area contributed by atoms with Crippen molar-refractivity contribution in [3.05, 3.63) is 0 Å². The molecule has 1 heterocycles. The van der Waals surface area contributed by atoms with E-state index in [4.69, 9.17) is 0 Å². The number of hydrogen-bond acceptors (Lipinski definition) is 2. The Morgan fingerprint density at radius 3 is 2.32 bits per heavy atom. The Morgan fingerprint density at radius 1 is 1.21 bits per heavy atom. The van der Waals surface area contributed by atoms with Crippen LogP contribution < -0.4 is 5.32 Å². The van der Waals surface area contributed by atoms with Crippen LogP contribution in [0.4, 0.5) is 0 Å². The molecule has 1 N–H and O–H groups in total. The van der Waals surface area contributed by atoms with E-state index in [0.29, 0.717) is 5.92 Å². The van der Waals surface area contributed by atoms with Crippen molar-refractivity contribution in [2.75, 3.05) is 6.54 Å². The molecule has 1 aliphatic carbocycles. The molecule has 1 aliphatic heterocycles. The van der Waals surface area contributed by atoms with Crippen LogP contribution >= 0.6 is 0 Å². The van der Waals surface area contributed by atoms with Gasteiger partial charge in [-0.1, -0.05) is 33.6 Å². The molecule has 2 atom stereocenters. The van der Waals surface area contributed by atoms with Crippen molar-refractivity contribution in [1.82, 2.24) is 10.2 Å². The highest BCUT2D eigenvalue weighted by Crippen LogP contribution is 2.32. The molecule has 0 aromatic carbocycles. The third-order valence-electron chi connectivity index (χ3n) is 4.32. The molecule has 4 heteroatoms. The van der Waals surface area contributed by atoms with Crippen molar-refractivity contribution in [1.29, 1.82) is 0 Å². The van der Waals surface area contributed by atoms with Gasteiger partial charge in [-0.2, -0.15) is 0 Å². The van der Waals surface area contributed by atoms with E-state index >= 15 is 0 Å². The molecular weight excluding hydrogens is 240 g/mol. The number of amides is 2. The monoisotopic (exact) mass is 266 g/mol. The molecule has 1 saturated carbocycles. The van der Waals surface area contributed by atoms with E-state index in [1.54, 1.807) is 6.92 Å². The molecule has 2 aliphatic rings. The summed E-state index contributed by atoms with van der Waals surface area (Å²) in [5.41, 5.74) is -0.224. The second-order valence-electron chi connectivity index (χ2n) is 7.14. The van der Waals surface area contributed by atoms with Crippen molar-refractivity contribution >= 4 is 11.8 Å². The molecule has 0 spiro atoms. The van der Waals surface area contributed by atoms with Gasteiger partial charge in [-0.05, 0) is 31.1 Å². The van der Waals surface area contributed by atoms with Gasteiger partial charge in [-0.15, -0.1) is 0 Å². The van der Waals surface area contributed by atoms with E-state index in [1.165, 1.54) is 25.7 Å². The number of hydrogen-bond donors (Lipinski definition) is 1. The van der Waals surface area contributed by atoms with Gasteiger partial charge >= 0.3 is 0 Å². The Balaban J connectivity index is 2.20. The van der Waals surface area contributed by atoms with Crippen LogP contribution in [-0.2, 0) is 9.59 Å². The lowest BCUT2D eigenvalue weighted by Crippen LogP contribution is -2.66. The minimum absolute atomic E-state index is 0.00223. The third kappa shape index (κ3) is 2.93. The summed E-state index contributed by atoms with van der Waals surface area (Å²) in [5.74, 6) is 0.649. The van der Waals surface area contributed by atoms with Crippen LogP contribution in [-0.4, -0.2) is 35.3 Å². The van der Waals surface area contributed by atoms with Crippen LogP contribution in [0.25, 0.3) is 0 Å². The fourth-order valence-corrected chi connectivity index (χ4v) is 3.40. The first-order valence-corrected chi connectivity index (χ1v) is 7.41. The normalized spacial score (nSPS) is 29.8. The summed E-state index contributed by atoms with van der Waals surface area (Å²) in [4.78, 5) is 26.5. The highest BCUT2D eigenvalue weighted by molar-refractivity contribution is 5.97. The van der Waals surface area contributed by atoms with Crippen molar-refractivity contribution in [2.24, 2.45) is 11.3 Å². The summed E-state index contributed by atoms with van der Waals surface area (Å²) >= 11 is 0. The Morgan fingerprint density at radius 2 is 1.79 bits per heavy atom. The maximum absolute atomic E-state index is 12.4. The number of piperazine rings is 1. The minimum Gasteiger partial charge on any atom is -0.343 e. The molecule has 2 fully saturated rings. The van der Waals surface area contributed by atoms with Gasteiger partial charge in [0.25, 0.3) is 0 Å². The maximum atomic E-state index is 12.4. The molecule has 0 radical (unpaired) electrons. The topological polar surface area (TPSA) is 49.4 Å². The van der Waals surface area contributed by atoms with E-state index in [1.807, 2.05) is 25.7 Å². The number of carbonyl (C=O) groups is 2. The van der Waals surface area contributed by atoms with Crippen LogP contribution in [0.1, 0.15) is 53.4 Å². The highest BCUT2D eigenvalue weighted by atomic mass is 16.2. The van der Waals surface area contributed by atoms with Crippen LogP contribution in [0, 0.1) is 11.3 Å². The molecule has 1 saturated heterocycles. The van der Waals surface area contributed by atoms with Crippen LogP contribution in [0.15, 0.2) is 0 Å². The number of carbonyl (C=O) groups excluding carboxylic acids is 2. The van der Waals surface area contributed by atoms with E-state index in [9.17, 15) is 9.59 Å². The fourth-order valence-electron chi connectivity index (χ4n) is 3.40. The lowest BCUT2D eigenvalue weighted by Gasteiger charge is -2.45. The molecule has 19 heavy (non-hydrogen) atoms. The van der Waals surface area contributed by atoms with Gasteiger partial charge in [-0.25, -0.2) is 0 Å². The average molecular weight is 266 g/mol. The van der Waals surface area contributed by atoms with Crippen molar-refractivity contribution < 1.29 is 9.59 Å². The zero-order chi connectivity index (χ0) is 14.2. The predicted octanol–water partition coefficient (Wildman–Crippen LogP) is 1.94. The summed E-state index contributed by atoms with van der Waals surface area (Å²) in [5, 5.41) is 2.81. The van der Waals surface area contributed by atoms with Crippen LogP contribution in [0.2, 0.25) is 0 Å². The first kappa shape index (κ1) is 14.4. The van der Waals surface area contributed by atoms with E-state index in [2.05, 4.69) is 5.32 Å². The fraction of sp³-hybridized carbons (Fsp3) is 0.867. The van der Waals surface area contributed by atoms with Crippen molar-refractivity contribution in [3.8, 4) is 0 Å². The van der Waals surface area contributed by atoms with Crippen molar-refractivity contribution in [2.45, 2.75) is 65.5 Å². The quantitative estimate of drug-likeness (QED) is 0.830. The van der Waals surface area contributed by atoms with E-state index < -0.39 is 0 Å². The zero-order valence-electron chi connectivity index (χ0n) is 12.5. The summed E-state index contributed by atoms with van der Waals surface area (Å²) in [7, 11) is 0. The summed E-state index contributed by atoms with van der Waals surface area (Å²) < 4.78 is 0. The van der Waals surface area contributed by atoms with Gasteiger partial charge in [-0.3, -0.25) is 9.59 Å². The standard InChI is InChI=1S/C15H26N2O2/c1-10-14(19)17(9-11-7-5-6-8-11)12(13(18)16-10)15(2,3)4/h10-12H,5-9H2,1-4H3,(H,16,18). The molecule has 0 aromatic rings. The number of nitrogens with one attached hydrogen (secondary N) is 1. The van der Waals surface area contributed by atoms with Gasteiger partial charge < -0.3 is 10.2 Å². The van der Waals surface area contributed by atoms with E-state index in [0.717, 1.165) is 6.54 Å². The first-order valence-electron chi connectivity index (χ1n) is 7.41. The zero-order valence-corrected chi connectivity index (χ0v) is 12.5. The second kappa shape index (κ2) is 5.14. The predicted molar refractivity (Wildman–Crippen MR) is 74.5 cm³/mol. The number of nitrogens with zero attached hydrogens (tertiary/aromatic N) is 1. The van der Waals surface area contributed by atoms with Gasteiger partial charge in [0.05, 0.1) is 0 Å². The van der Waals surface area contributed by atoms with Gasteiger partial charge in [0.2, 0.25) is 11.8 Å². The van der Waals surface area contributed by atoms with Gasteiger partial charge in [0.15, 0.2) is 0 Å². The molecule has 2 amide bonds. The third-order valence-corrected chi connectivity index (χ3v) is 4.32. The van der Waals surface area contributed by atoms with Gasteiger partial charge in [0.1, 0.15) is 12.1 Å². The molecular formula is C15H26N2O2. The Bertz CT molecular complexity index is 367. The van der Waals surface area contributed by atoms with Crippen LogP contribution in [0.3, 0.4) is 0 Å². The molecule has 0 aromatic heterocycles. The molecule has 2 rings (SSSR count). The lowest BCUT2D eigenvalue weighted by atomic mass is 9.82. The minimum atomic E-state index is -0.382. The molecule has 108 valence electrons. The molecule has 0 bridgehead atoms. The summed E-state index contributed by atoms with van der Waals surface area (Å²) in [6.07, 6.45) is 4.90. The smallest absolute Gasteiger partial charge is 0.245 e. The summed E-state index contributed by atoms with van der Waals surface area (Å²) in [6, 6.07) is -0.718. The SMILES string of the molecule is CC1NC(=O)C(C(C)(C)C)N(CC2CCCC2)C1=O. The average Bonchev–Trinajstić information content (AvgIpc) is 2.76.